The number of nitrogen functional groups attached to an aromatic ring is 1. The monoisotopic (exact) mass is 434 g/mol. The van der Waals surface area contributed by atoms with E-state index < -0.39 is 10.1 Å². The van der Waals surface area contributed by atoms with Crippen LogP contribution in [0, 0.1) is 0 Å². The molecule has 7 nitrogen and oxygen atoms in total. The number of fused-ring (bicyclic) bond motifs is 1. The van der Waals surface area contributed by atoms with Crippen LogP contribution in [0.25, 0.3) is 22.0 Å². The summed E-state index contributed by atoms with van der Waals surface area (Å²) < 4.78 is 33.1. The molecule has 0 bridgehead atoms. The van der Waals surface area contributed by atoms with Gasteiger partial charge < -0.3 is 5.73 Å². The van der Waals surface area contributed by atoms with Crippen molar-refractivity contribution in [1.82, 2.24) is 4.98 Å². The fourth-order valence-electron chi connectivity index (χ4n) is 2.78. The molecule has 4 aromatic rings. The SMILES string of the molecule is Nc1c(/N=N/c2ccc(-c3ccsc3)nc2)cc(S(=O)(=O)O)c2ccccc12.[NaH]. The van der Waals surface area contributed by atoms with Gasteiger partial charge in [-0.05, 0) is 29.6 Å². The van der Waals surface area contributed by atoms with Crippen molar-refractivity contribution in [3.8, 4) is 11.3 Å². The van der Waals surface area contributed by atoms with E-state index in [-0.39, 0.29) is 45.8 Å². The number of nitrogens with zero attached hydrogens (tertiary/aromatic N) is 3. The molecule has 2 heterocycles. The molecular weight excluding hydrogens is 419 g/mol. The number of hydrogen-bond donors (Lipinski definition) is 2. The second-order valence-corrected chi connectivity index (χ2v) is 8.11. The second-order valence-electron chi connectivity index (χ2n) is 5.94. The number of thiophene rings is 1. The zero-order chi connectivity index (χ0) is 19.7. The van der Waals surface area contributed by atoms with Gasteiger partial charge >= 0.3 is 29.6 Å². The van der Waals surface area contributed by atoms with Crippen LogP contribution in [0.1, 0.15) is 0 Å². The normalized spacial score (nSPS) is 11.6. The van der Waals surface area contributed by atoms with Crippen molar-refractivity contribution in [1.29, 1.82) is 0 Å². The number of benzene rings is 2. The van der Waals surface area contributed by atoms with Gasteiger partial charge in [-0.3, -0.25) is 9.54 Å². The molecule has 0 aliphatic carbocycles. The maximum absolute atomic E-state index is 11.8. The minimum absolute atomic E-state index is 0. The zero-order valence-electron chi connectivity index (χ0n) is 14.4. The van der Waals surface area contributed by atoms with E-state index in [9.17, 15) is 13.0 Å². The van der Waals surface area contributed by atoms with Crippen LogP contribution in [0.4, 0.5) is 17.1 Å². The number of anilines is 1. The quantitative estimate of drug-likeness (QED) is 0.211. The first-order valence-electron chi connectivity index (χ1n) is 8.12. The van der Waals surface area contributed by atoms with Gasteiger partial charge in [0.15, 0.2) is 0 Å². The zero-order valence-corrected chi connectivity index (χ0v) is 16.0. The first-order valence-corrected chi connectivity index (χ1v) is 10.5. The van der Waals surface area contributed by atoms with E-state index in [4.69, 9.17) is 5.73 Å². The van der Waals surface area contributed by atoms with Gasteiger partial charge in [0, 0.05) is 21.7 Å². The molecule has 0 unspecified atom stereocenters. The molecule has 0 spiro atoms. The summed E-state index contributed by atoms with van der Waals surface area (Å²) in [7, 11) is -4.45. The number of hydrogen-bond acceptors (Lipinski definition) is 7. The first-order chi connectivity index (χ1) is 13.4. The molecular formula is C19H15N4NaO3S2. The average Bonchev–Trinajstić information content (AvgIpc) is 3.22. The number of azo groups is 1. The summed E-state index contributed by atoms with van der Waals surface area (Å²) in [6.45, 7) is 0. The molecule has 29 heavy (non-hydrogen) atoms. The predicted octanol–water partition coefficient (Wildman–Crippen LogP) is 4.56. The van der Waals surface area contributed by atoms with E-state index in [1.165, 1.54) is 6.07 Å². The van der Waals surface area contributed by atoms with Gasteiger partial charge in [-0.1, -0.05) is 24.3 Å². The number of aromatic nitrogens is 1. The molecule has 0 amide bonds. The first kappa shape index (κ1) is 21.6. The molecule has 2 aromatic carbocycles. The van der Waals surface area contributed by atoms with E-state index in [1.54, 1.807) is 47.9 Å². The van der Waals surface area contributed by atoms with E-state index in [0.29, 0.717) is 16.5 Å². The standard InChI is InChI=1S/C19H14N4O3S2.Na.H/c20-19-15-4-2-1-3-14(15)18(28(24,25)26)9-17(19)23-22-13-5-6-16(21-10-13)12-7-8-27-11-12;;/h1-11H,20H2,(H,24,25,26);;/b23-22+;;. The molecule has 2 aromatic heterocycles. The van der Waals surface area contributed by atoms with Crippen LogP contribution in [0.2, 0.25) is 0 Å². The second kappa shape index (κ2) is 8.70. The Labute approximate surface area is 193 Å². The van der Waals surface area contributed by atoms with Gasteiger partial charge in [-0.25, -0.2) is 0 Å². The van der Waals surface area contributed by atoms with Crippen LogP contribution < -0.4 is 5.73 Å². The van der Waals surface area contributed by atoms with Gasteiger partial charge in [-0.15, -0.1) is 10.2 Å². The van der Waals surface area contributed by atoms with E-state index in [2.05, 4.69) is 15.2 Å². The van der Waals surface area contributed by atoms with E-state index in [0.717, 1.165) is 11.3 Å². The third kappa shape index (κ3) is 4.55. The Bertz CT molecular complexity index is 1290. The third-order valence-corrected chi connectivity index (χ3v) is 5.72. The Hall–Kier alpha value is -2.14. The molecule has 0 saturated carbocycles. The van der Waals surface area contributed by atoms with Gasteiger partial charge in [-0.2, -0.15) is 19.8 Å². The van der Waals surface area contributed by atoms with Crippen LogP contribution >= 0.6 is 11.3 Å². The molecule has 0 saturated heterocycles. The van der Waals surface area contributed by atoms with Crippen LogP contribution in [0.3, 0.4) is 0 Å². The summed E-state index contributed by atoms with van der Waals surface area (Å²) in [4.78, 5) is 4.08. The van der Waals surface area contributed by atoms with Gasteiger partial charge in [0.2, 0.25) is 0 Å². The molecule has 142 valence electrons. The van der Waals surface area contributed by atoms with E-state index >= 15 is 0 Å². The Kier molecular flexibility index (Phi) is 6.47. The fourth-order valence-corrected chi connectivity index (χ4v) is 4.15. The summed E-state index contributed by atoms with van der Waals surface area (Å²) in [5.41, 5.74) is 8.88. The number of nitrogens with two attached hydrogens (primary N) is 1. The van der Waals surface area contributed by atoms with Crippen molar-refractivity contribution in [2.75, 3.05) is 5.73 Å². The van der Waals surface area contributed by atoms with Crippen molar-refractivity contribution in [3.63, 3.8) is 0 Å². The Morgan fingerprint density at radius 1 is 1.03 bits per heavy atom. The van der Waals surface area contributed by atoms with Crippen molar-refractivity contribution >= 4 is 78.8 Å². The minimum atomic E-state index is -4.45. The van der Waals surface area contributed by atoms with Crippen molar-refractivity contribution in [3.05, 3.63) is 65.5 Å². The van der Waals surface area contributed by atoms with Gasteiger partial charge in [0.1, 0.15) is 16.3 Å². The number of pyridine rings is 1. The molecule has 3 N–H and O–H groups in total. The topological polar surface area (TPSA) is 118 Å². The van der Waals surface area contributed by atoms with Gasteiger partial charge in [0.25, 0.3) is 10.1 Å². The molecule has 0 fully saturated rings. The summed E-state index contributed by atoms with van der Waals surface area (Å²) in [6.07, 6.45) is 1.57. The van der Waals surface area contributed by atoms with Crippen LogP contribution in [0.15, 0.2) is 80.6 Å². The van der Waals surface area contributed by atoms with Crippen molar-refractivity contribution in [2.45, 2.75) is 4.90 Å². The van der Waals surface area contributed by atoms with Crippen LogP contribution in [0.5, 0.6) is 0 Å². The Morgan fingerprint density at radius 3 is 2.41 bits per heavy atom. The summed E-state index contributed by atoms with van der Waals surface area (Å²) >= 11 is 1.59. The number of rotatable bonds is 4. The summed E-state index contributed by atoms with van der Waals surface area (Å²) in [5.74, 6) is 0. The van der Waals surface area contributed by atoms with E-state index in [1.807, 2.05) is 22.9 Å². The predicted molar refractivity (Wildman–Crippen MR) is 117 cm³/mol. The van der Waals surface area contributed by atoms with Crippen molar-refractivity contribution in [2.24, 2.45) is 10.2 Å². The van der Waals surface area contributed by atoms with Crippen LogP contribution in [-0.2, 0) is 10.1 Å². The summed E-state index contributed by atoms with van der Waals surface area (Å²) in [5, 5.41) is 12.9. The molecule has 4 rings (SSSR count). The molecule has 0 atom stereocenters. The molecule has 10 heteroatoms. The third-order valence-electron chi connectivity index (χ3n) is 4.14. The Morgan fingerprint density at radius 2 is 1.79 bits per heavy atom. The summed E-state index contributed by atoms with van der Waals surface area (Å²) in [6, 6.07) is 13.4. The maximum atomic E-state index is 11.8. The van der Waals surface area contributed by atoms with Crippen molar-refractivity contribution < 1.29 is 13.0 Å². The van der Waals surface area contributed by atoms with Gasteiger partial charge in [0.05, 0.1) is 17.6 Å². The molecule has 0 aliphatic heterocycles. The fraction of sp³-hybridized carbons (Fsp3) is 0. The molecule has 0 aliphatic rings. The average molecular weight is 434 g/mol. The van der Waals surface area contributed by atoms with Crippen LogP contribution in [-0.4, -0.2) is 47.5 Å². The molecule has 0 radical (unpaired) electrons. The Balaban J connectivity index is 0.00000240.